The fourth-order valence-corrected chi connectivity index (χ4v) is 2.89. The fourth-order valence-electron chi connectivity index (χ4n) is 2.89. The molecule has 0 N–H and O–H groups in total. The third-order valence-electron chi connectivity index (χ3n) is 3.88. The minimum Gasteiger partial charge on any atom is -0.422 e. The van der Waals surface area contributed by atoms with Gasteiger partial charge in [0.1, 0.15) is 6.33 Å². The maximum atomic E-state index is 5.96. The number of oxazole rings is 1. The molecule has 0 aliphatic carbocycles. The molecule has 1 aliphatic heterocycles. The van der Waals surface area contributed by atoms with Gasteiger partial charge in [-0.1, -0.05) is 0 Å². The highest BCUT2D eigenvalue weighted by Gasteiger charge is 2.23. The second kappa shape index (κ2) is 5.96. The first-order chi connectivity index (χ1) is 11.3. The Balaban J connectivity index is 1.61. The summed E-state index contributed by atoms with van der Waals surface area (Å²) in [5, 5.41) is 4.26. The van der Waals surface area contributed by atoms with Crippen molar-refractivity contribution in [3.63, 3.8) is 0 Å². The van der Waals surface area contributed by atoms with Crippen LogP contribution in [0.4, 0.5) is 5.82 Å². The Morgan fingerprint density at radius 2 is 2.30 bits per heavy atom. The topological polar surface area (TPSA) is 82.1 Å². The fraction of sp³-hybridized carbons (Fsp3) is 0.467. The zero-order chi connectivity index (χ0) is 15.6. The van der Waals surface area contributed by atoms with Crippen LogP contribution in [0.3, 0.4) is 0 Å². The zero-order valence-electron chi connectivity index (χ0n) is 12.9. The van der Waals surface area contributed by atoms with E-state index in [0.29, 0.717) is 17.1 Å². The van der Waals surface area contributed by atoms with E-state index in [-0.39, 0.29) is 6.10 Å². The zero-order valence-corrected chi connectivity index (χ0v) is 12.9. The molecule has 1 unspecified atom stereocenters. The number of ether oxygens (including phenoxy) is 1. The highest BCUT2D eigenvalue weighted by Crippen LogP contribution is 2.24. The number of rotatable bonds is 3. The van der Waals surface area contributed by atoms with Crippen LogP contribution >= 0.6 is 0 Å². The molecule has 0 amide bonds. The van der Waals surface area contributed by atoms with Crippen molar-refractivity contribution in [1.82, 2.24) is 24.7 Å². The predicted octanol–water partition coefficient (Wildman–Crippen LogP) is 1.42. The van der Waals surface area contributed by atoms with Crippen molar-refractivity contribution in [3.05, 3.63) is 30.7 Å². The van der Waals surface area contributed by atoms with E-state index in [1.165, 1.54) is 6.33 Å². The van der Waals surface area contributed by atoms with E-state index in [1.807, 2.05) is 23.9 Å². The molecule has 120 valence electrons. The van der Waals surface area contributed by atoms with Gasteiger partial charge in [0.25, 0.3) is 5.71 Å². The molecule has 0 radical (unpaired) electrons. The van der Waals surface area contributed by atoms with Gasteiger partial charge >= 0.3 is 0 Å². The summed E-state index contributed by atoms with van der Waals surface area (Å²) in [5.74, 6) is 1.41. The van der Waals surface area contributed by atoms with Crippen LogP contribution in [0.1, 0.15) is 12.3 Å². The first-order valence-electron chi connectivity index (χ1n) is 7.72. The Morgan fingerprint density at radius 3 is 3.17 bits per heavy atom. The minimum atomic E-state index is 0.0513. The molecule has 4 heterocycles. The Hall–Kier alpha value is -2.48. The van der Waals surface area contributed by atoms with Crippen molar-refractivity contribution in [3.8, 4) is 0 Å². The minimum absolute atomic E-state index is 0.0513. The smallest absolute Gasteiger partial charge is 0.252 e. The molecule has 8 nitrogen and oxygen atoms in total. The Morgan fingerprint density at radius 1 is 1.35 bits per heavy atom. The number of aryl methyl sites for hydroxylation is 1. The summed E-state index contributed by atoms with van der Waals surface area (Å²) in [5.41, 5.74) is 1.24. The molecule has 0 spiro atoms. The SMILES string of the molecule is Cc1nc2c(N3CCCOC(Cn4cccn4)C3)ncnc2o1. The van der Waals surface area contributed by atoms with Gasteiger partial charge in [0.15, 0.2) is 17.2 Å². The molecular formula is C15H18N6O2. The Labute approximate surface area is 133 Å². The van der Waals surface area contributed by atoms with Crippen molar-refractivity contribution >= 4 is 17.0 Å². The van der Waals surface area contributed by atoms with Crippen molar-refractivity contribution in [2.75, 3.05) is 24.6 Å². The largest absolute Gasteiger partial charge is 0.422 e. The summed E-state index contributed by atoms with van der Waals surface area (Å²) >= 11 is 0. The molecule has 1 atom stereocenters. The quantitative estimate of drug-likeness (QED) is 0.723. The van der Waals surface area contributed by atoms with E-state index in [9.17, 15) is 0 Å². The molecule has 8 heteroatoms. The summed E-state index contributed by atoms with van der Waals surface area (Å²) in [6, 6.07) is 1.92. The summed E-state index contributed by atoms with van der Waals surface area (Å²) in [6.45, 7) is 4.87. The lowest BCUT2D eigenvalue weighted by molar-refractivity contribution is 0.0543. The Bertz CT molecular complexity index is 784. The summed E-state index contributed by atoms with van der Waals surface area (Å²) in [6.07, 6.45) is 6.24. The third-order valence-corrected chi connectivity index (χ3v) is 3.88. The summed E-state index contributed by atoms with van der Waals surface area (Å²) < 4.78 is 13.4. The lowest BCUT2D eigenvalue weighted by Gasteiger charge is -2.24. The van der Waals surface area contributed by atoms with Gasteiger partial charge in [-0.3, -0.25) is 4.68 Å². The highest BCUT2D eigenvalue weighted by molar-refractivity contribution is 5.81. The lowest BCUT2D eigenvalue weighted by Crippen LogP contribution is -2.35. The van der Waals surface area contributed by atoms with Gasteiger partial charge in [0, 0.05) is 39.0 Å². The normalized spacial score (nSPS) is 19.2. The van der Waals surface area contributed by atoms with E-state index in [4.69, 9.17) is 9.15 Å². The molecule has 1 saturated heterocycles. The number of hydrogen-bond donors (Lipinski definition) is 0. The van der Waals surface area contributed by atoms with Crippen LogP contribution in [-0.4, -0.2) is 50.5 Å². The maximum absolute atomic E-state index is 5.96. The van der Waals surface area contributed by atoms with Crippen LogP contribution in [0.5, 0.6) is 0 Å². The van der Waals surface area contributed by atoms with Crippen molar-refractivity contribution in [1.29, 1.82) is 0 Å². The van der Waals surface area contributed by atoms with Gasteiger partial charge < -0.3 is 14.1 Å². The van der Waals surface area contributed by atoms with Crippen molar-refractivity contribution in [2.45, 2.75) is 26.0 Å². The number of anilines is 1. The van der Waals surface area contributed by atoms with Gasteiger partial charge in [0.2, 0.25) is 0 Å². The average molecular weight is 314 g/mol. The molecule has 3 aromatic rings. The van der Waals surface area contributed by atoms with Gasteiger partial charge in [0.05, 0.1) is 12.6 Å². The first kappa shape index (κ1) is 14.1. The second-order valence-corrected chi connectivity index (χ2v) is 5.60. The third kappa shape index (κ3) is 2.89. The van der Waals surface area contributed by atoms with E-state index in [1.54, 1.807) is 6.20 Å². The average Bonchev–Trinajstić information content (AvgIpc) is 3.11. The number of nitrogens with zero attached hydrogens (tertiary/aromatic N) is 6. The second-order valence-electron chi connectivity index (χ2n) is 5.60. The molecule has 4 rings (SSSR count). The molecule has 3 aromatic heterocycles. The first-order valence-corrected chi connectivity index (χ1v) is 7.72. The van der Waals surface area contributed by atoms with E-state index in [0.717, 1.165) is 38.5 Å². The molecule has 1 aliphatic rings. The molecular weight excluding hydrogens is 296 g/mol. The van der Waals surface area contributed by atoms with Crippen molar-refractivity contribution in [2.24, 2.45) is 0 Å². The van der Waals surface area contributed by atoms with Crippen LogP contribution in [-0.2, 0) is 11.3 Å². The Kier molecular flexibility index (Phi) is 3.66. The number of fused-ring (bicyclic) bond motifs is 1. The van der Waals surface area contributed by atoms with E-state index < -0.39 is 0 Å². The summed E-state index contributed by atoms with van der Waals surface area (Å²) in [4.78, 5) is 15.2. The van der Waals surface area contributed by atoms with Gasteiger partial charge in [-0.25, -0.2) is 9.97 Å². The van der Waals surface area contributed by atoms with Crippen LogP contribution in [0.2, 0.25) is 0 Å². The van der Waals surface area contributed by atoms with Crippen LogP contribution in [0.25, 0.3) is 11.2 Å². The van der Waals surface area contributed by atoms with Gasteiger partial charge in [-0.15, -0.1) is 0 Å². The molecule has 0 bridgehead atoms. The monoisotopic (exact) mass is 314 g/mol. The summed E-state index contributed by atoms with van der Waals surface area (Å²) in [7, 11) is 0. The predicted molar refractivity (Wildman–Crippen MR) is 83.1 cm³/mol. The standard InChI is InChI=1S/C15H18N6O2/c1-11-19-13-14(16-10-17-15(13)23-11)20-5-3-7-22-12(8-20)9-21-6-2-4-18-21/h2,4,6,10,12H,3,5,7-9H2,1H3. The van der Waals surface area contributed by atoms with Crippen LogP contribution in [0, 0.1) is 6.92 Å². The van der Waals surface area contributed by atoms with Crippen LogP contribution in [0.15, 0.2) is 29.2 Å². The molecule has 23 heavy (non-hydrogen) atoms. The maximum Gasteiger partial charge on any atom is 0.252 e. The van der Waals surface area contributed by atoms with Crippen molar-refractivity contribution < 1.29 is 9.15 Å². The highest BCUT2D eigenvalue weighted by atomic mass is 16.5. The van der Waals surface area contributed by atoms with E-state index >= 15 is 0 Å². The lowest BCUT2D eigenvalue weighted by atomic mass is 10.3. The number of hydrogen-bond acceptors (Lipinski definition) is 7. The molecule has 1 fully saturated rings. The molecule has 0 saturated carbocycles. The van der Waals surface area contributed by atoms with Gasteiger partial charge in [-0.05, 0) is 12.5 Å². The van der Waals surface area contributed by atoms with E-state index in [2.05, 4.69) is 25.0 Å². The molecule has 0 aromatic carbocycles. The van der Waals surface area contributed by atoms with Crippen LogP contribution < -0.4 is 4.90 Å². The van der Waals surface area contributed by atoms with Gasteiger partial charge in [-0.2, -0.15) is 10.1 Å². The number of aromatic nitrogens is 5.